The Bertz CT molecular complexity index is 944. The molecule has 0 radical (unpaired) electrons. The summed E-state index contributed by atoms with van der Waals surface area (Å²) in [6.45, 7) is 1.04. The standard InChI is InChI=1S/C12H9F3N2O5S/c1-6(18)9-3-7-4-11(17(19)20)8(12(13,14)15)5-10(7)16(9)23(2,21)22/h3-5H,1-2H3. The zero-order valence-corrected chi connectivity index (χ0v) is 12.5. The summed E-state index contributed by atoms with van der Waals surface area (Å²) >= 11 is 0. The van der Waals surface area contributed by atoms with Crippen LogP contribution < -0.4 is 0 Å². The first kappa shape index (κ1) is 16.9. The van der Waals surface area contributed by atoms with E-state index in [0.29, 0.717) is 22.4 Å². The number of rotatable bonds is 3. The van der Waals surface area contributed by atoms with Crippen LogP contribution in [0.3, 0.4) is 0 Å². The van der Waals surface area contributed by atoms with Crippen molar-refractivity contribution in [2.75, 3.05) is 6.26 Å². The molecule has 0 bridgehead atoms. The molecule has 0 saturated heterocycles. The molecule has 11 heteroatoms. The molecule has 0 aliphatic heterocycles. The summed E-state index contributed by atoms with van der Waals surface area (Å²) < 4.78 is 63.1. The van der Waals surface area contributed by atoms with Crippen molar-refractivity contribution in [3.63, 3.8) is 0 Å². The maximum Gasteiger partial charge on any atom is 0.423 e. The molecule has 0 fully saturated rings. The lowest BCUT2D eigenvalue weighted by atomic mass is 10.1. The van der Waals surface area contributed by atoms with Gasteiger partial charge in [0.15, 0.2) is 5.78 Å². The van der Waals surface area contributed by atoms with E-state index in [1.165, 1.54) is 0 Å². The average molecular weight is 350 g/mol. The van der Waals surface area contributed by atoms with Crippen LogP contribution in [-0.2, 0) is 16.2 Å². The van der Waals surface area contributed by atoms with Crippen LogP contribution in [-0.4, -0.2) is 29.4 Å². The number of hydrogen-bond donors (Lipinski definition) is 0. The largest absolute Gasteiger partial charge is 0.423 e. The first-order valence-electron chi connectivity index (χ1n) is 5.96. The number of carbonyl (C=O) groups is 1. The maximum atomic E-state index is 13.0. The molecule has 1 heterocycles. The minimum absolute atomic E-state index is 0.152. The van der Waals surface area contributed by atoms with Crippen molar-refractivity contribution in [1.82, 2.24) is 3.97 Å². The Morgan fingerprint density at radius 3 is 2.22 bits per heavy atom. The molecule has 0 spiro atoms. The second-order valence-corrected chi connectivity index (χ2v) is 6.63. The van der Waals surface area contributed by atoms with Gasteiger partial charge in [0.1, 0.15) is 11.3 Å². The Labute approximate surface area is 127 Å². The molecule has 0 aliphatic rings. The van der Waals surface area contributed by atoms with Crippen LogP contribution in [0, 0.1) is 10.1 Å². The fraction of sp³-hybridized carbons (Fsp3) is 0.250. The summed E-state index contributed by atoms with van der Waals surface area (Å²) in [4.78, 5) is 21.2. The van der Waals surface area contributed by atoms with Crippen LogP contribution in [0.15, 0.2) is 18.2 Å². The van der Waals surface area contributed by atoms with Gasteiger partial charge in [0.05, 0.1) is 16.7 Å². The molecule has 0 aliphatic carbocycles. The van der Waals surface area contributed by atoms with Gasteiger partial charge in [0.2, 0.25) is 10.0 Å². The lowest BCUT2D eigenvalue weighted by Crippen LogP contribution is -2.16. The summed E-state index contributed by atoms with van der Waals surface area (Å²) in [5, 5.41) is 10.7. The van der Waals surface area contributed by atoms with Crippen LogP contribution in [0.5, 0.6) is 0 Å². The summed E-state index contributed by atoms with van der Waals surface area (Å²) in [5.74, 6) is -0.706. The van der Waals surface area contributed by atoms with Crippen molar-refractivity contribution >= 4 is 32.4 Å². The van der Waals surface area contributed by atoms with Crippen molar-refractivity contribution in [3.8, 4) is 0 Å². The Morgan fingerprint density at radius 1 is 1.26 bits per heavy atom. The Morgan fingerprint density at radius 2 is 1.83 bits per heavy atom. The second kappa shape index (κ2) is 5.05. The number of fused-ring (bicyclic) bond motifs is 1. The number of carbonyl (C=O) groups excluding carboxylic acids is 1. The normalized spacial score (nSPS) is 12.6. The average Bonchev–Trinajstić information content (AvgIpc) is 2.74. The molecule has 1 aromatic heterocycles. The fourth-order valence-electron chi connectivity index (χ4n) is 2.20. The third kappa shape index (κ3) is 2.91. The van der Waals surface area contributed by atoms with Gasteiger partial charge in [-0.15, -0.1) is 0 Å². The highest BCUT2D eigenvalue weighted by Gasteiger charge is 2.39. The predicted molar refractivity (Wildman–Crippen MR) is 73.8 cm³/mol. The lowest BCUT2D eigenvalue weighted by molar-refractivity contribution is -0.387. The highest BCUT2D eigenvalue weighted by atomic mass is 32.2. The second-order valence-electron chi connectivity index (χ2n) is 4.80. The molecule has 1 aromatic carbocycles. The molecule has 7 nitrogen and oxygen atoms in total. The van der Waals surface area contributed by atoms with Gasteiger partial charge in [0.25, 0.3) is 5.69 Å². The third-order valence-corrected chi connectivity index (χ3v) is 4.13. The zero-order chi connectivity index (χ0) is 17.7. The number of nitro benzene ring substituents is 1. The molecular weight excluding hydrogens is 341 g/mol. The highest BCUT2D eigenvalue weighted by molar-refractivity contribution is 7.89. The van der Waals surface area contributed by atoms with Crippen molar-refractivity contribution in [3.05, 3.63) is 39.6 Å². The van der Waals surface area contributed by atoms with E-state index in [9.17, 15) is 36.5 Å². The first-order chi connectivity index (χ1) is 10.3. The Kier molecular flexibility index (Phi) is 3.71. The van der Waals surface area contributed by atoms with E-state index in [0.717, 1.165) is 13.0 Å². The van der Waals surface area contributed by atoms with Crippen molar-refractivity contribution in [2.24, 2.45) is 0 Å². The smallest absolute Gasteiger partial charge is 0.293 e. The Hall–Kier alpha value is -2.43. The number of hydrogen-bond acceptors (Lipinski definition) is 5. The zero-order valence-electron chi connectivity index (χ0n) is 11.7. The first-order valence-corrected chi connectivity index (χ1v) is 7.81. The molecule has 0 amide bonds. The monoisotopic (exact) mass is 350 g/mol. The van der Waals surface area contributed by atoms with E-state index in [-0.39, 0.29) is 11.1 Å². The molecule has 0 atom stereocenters. The lowest BCUT2D eigenvalue weighted by Gasteiger charge is -2.10. The molecular formula is C12H9F3N2O5S. The molecule has 0 N–H and O–H groups in total. The van der Waals surface area contributed by atoms with E-state index >= 15 is 0 Å². The topological polar surface area (TPSA) is 99.3 Å². The number of Topliss-reactive ketones (excluding diaryl/α,β-unsaturated/α-hetero) is 1. The molecule has 2 aromatic rings. The summed E-state index contributed by atoms with van der Waals surface area (Å²) in [6, 6.07) is 1.97. The van der Waals surface area contributed by atoms with Crippen LogP contribution >= 0.6 is 0 Å². The summed E-state index contributed by atoms with van der Waals surface area (Å²) in [7, 11) is -4.10. The van der Waals surface area contributed by atoms with Crippen LogP contribution in [0.25, 0.3) is 10.9 Å². The quantitative estimate of drug-likeness (QED) is 0.481. The van der Waals surface area contributed by atoms with Gasteiger partial charge in [-0.05, 0) is 12.1 Å². The fourth-order valence-corrected chi connectivity index (χ4v) is 3.25. The van der Waals surface area contributed by atoms with E-state index in [1.54, 1.807) is 0 Å². The summed E-state index contributed by atoms with van der Waals surface area (Å²) in [5.41, 5.74) is -3.63. The van der Waals surface area contributed by atoms with Crippen molar-refractivity contribution in [1.29, 1.82) is 0 Å². The van der Waals surface area contributed by atoms with E-state index in [1.807, 2.05) is 0 Å². The SMILES string of the molecule is CC(=O)c1cc2cc([N+](=O)[O-])c(C(F)(F)F)cc2n1S(C)(=O)=O. The number of alkyl halides is 3. The van der Waals surface area contributed by atoms with Gasteiger partial charge in [-0.3, -0.25) is 14.9 Å². The number of benzene rings is 1. The number of aromatic nitrogens is 1. The van der Waals surface area contributed by atoms with Gasteiger partial charge < -0.3 is 0 Å². The minimum atomic E-state index is -5.06. The molecule has 124 valence electrons. The molecule has 2 rings (SSSR count). The Balaban J connectivity index is 3.04. The van der Waals surface area contributed by atoms with Gasteiger partial charge >= 0.3 is 6.18 Å². The summed E-state index contributed by atoms with van der Waals surface area (Å²) in [6.07, 6.45) is -4.34. The van der Waals surface area contributed by atoms with Crippen LogP contribution in [0.1, 0.15) is 23.0 Å². The van der Waals surface area contributed by atoms with Gasteiger partial charge in [-0.1, -0.05) is 0 Å². The van der Waals surface area contributed by atoms with Gasteiger partial charge in [-0.25, -0.2) is 12.4 Å². The molecule has 0 unspecified atom stereocenters. The number of nitrogens with zero attached hydrogens (tertiary/aromatic N) is 2. The van der Waals surface area contributed by atoms with E-state index < -0.39 is 43.7 Å². The van der Waals surface area contributed by atoms with Crippen LogP contribution in [0.2, 0.25) is 0 Å². The minimum Gasteiger partial charge on any atom is -0.293 e. The van der Waals surface area contributed by atoms with Gasteiger partial charge in [0, 0.05) is 18.4 Å². The number of ketones is 1. The third-order valence-electron chi connectivity index (χ3n) is 3.07. The van der Waals surface area contributed by atoms with Crippen LogP contribution in [0.4, 0.5) is 18.9 Å². The highest BCUT2D eigenvalue weighted by Crippen LogP contribution is 2.39. The maximum absolute atomic E-state index is 13.0. The van der Waals surface area contributed by atoms with Crippen molar-refractivity contribution in [2.45, 2.75) is 13.1 Å². The van der Waals surface area contributed by atoms with E-state index in [2.05, 4.69) is 0 Å². The molecule has 23 heavy (non-hydrogen) atoms. The number of nitro groups is 1. The van der Waals surface area contributed by atoms with Crippen molar-refractivity contribution < 1.29 is 31.3 Å². The molecule has 0 saturated carbocycles. The number of halogens is 3. The van der Waals surface area contributed by atoms with Gasteiger partial charge in [-0.2, -0.15) is 13.2 Å². The predicted octanol–water partition coefficient (Wildman–Crippen LogP) is 2.58. The van der Waals surface area contributed by atoms with E-state index in [4.69, 9.17) is 0 Å².